The first-order chi connectivity index (χ1) is 9.72. The molecule has 1 aliphatic rings. The lowest BCUT2D eigenvalue weighted by Crippen LogP contribution is -2.39. The average molecular weight is 331 g/mol. The third kappa shape index (κ3) is 3.10. The van der Waals surface area contributed by atoms with E-state index in [1.807, 2.05) is 12.4 Å². The van der Waals surface area contributed by atoms with Crippen molar-refractivity contribution >= 4 is 15.9 Å². The summed E-state index contributed by atoms with van der Waals surface area (Å²) in [5, 5.41) is 3.65. The monoisotopic (exact) mass is 330 g/mol. The summed E-state index contributed by atoms with van der Waals surface area (Å²) in [7, 11) is 0. The van der Waals surface area contributed by atoms with Crippen LogP contribution >= 0.6 is 15.9 Å². The molecule has 3 rings (SSSR count). The van der Waals surface area contributed by atoms with Crippen LogP contribution in [0.3, 0.4) is 0 Å². The molecule has 1 fully saturated rings. The molecule has 1 aromatic heterocycles. The van der Waals surface area contributed by atoms with Crippen LogP contribution in [0.5, 0.6) is 0 Å². The molecule has 0 unspecified atom stereocenters. The maximum Gasteiger partial charge on any atom is 0.0300 e. The quantitative estimate of drug-likeness (QED) is 0.909. The van der Waals surface area contributed by atoms with Gasteiger partial charge in [-0.05, 0) is 60.6 Å². The van der Waals surface area contributed by atoms with Gasteiger partial charge in [-0.15, -0.1) is 0 Å². The molecule has 0 aliphatic heterocycles. The number of nitrogens with zero attached hydrogens (tertiary/aromatic N) is 1. The maximum absolute atomic E-state index is 4.13. The molecule has 2 aromatic rings. The van der Waals surface area contributed by atoms with Crippen LogP contribution in [-0.2, 0) is 6.54 Å². The van der Waals surface area contributed by atoms with Gasteiger partial charge in [-0.2, -0.15) is 0 Å². The molecule has 2 nitrogen and oxygen atoms in total. The molecule has 20 heavy (non-hydrogen) atoms. The van der Waals surface area contributed by atoms with E-state index in [1.165, 1.54) is 29.5 Å². The number of rotatable bonds is 4. The Bertz CT molecular complexity index is 574. The van der Waals surface area contributed by atoms with E-state index >= 15 is 0 Å². The molecule has 3 heteroatoms. The summed E-state index contributed by atoms with van der Waals surface area (Å²) in [5.41, 5.74) is 4.09. The van der Waals surface area contributed by atoms with E-state index in [1.54, 1.807) is 0 Å². The zero-order valence-electron chi connectivity index (χ0n) is 11.6. The number of benzene rings is 1. The Labute approximate surface area is 128 Å². The summed E-state index contributed by atoms with van der Waals surface area (Å²) in [6.45, 7) is 3.07. The van der Waals surface area contributed by atoms with E-state index in [-0.39, 0.29) is 0 Å². The summed E-state index contributed by atoms with van der Waals surface area (Å²) >= 11 is 3.49. The molecule has 0 radical (unpaired) electrons. The van der Waals surface area contributed by atoms with E-state index < -0.39 is 0 Å². The standard InChI is InChI=1S/C17H19BrN2/c1-12-10-19-7-6-14(12)11-20-17-8-15(9-17)13-2-4-16(18)5-3-13/h2-7,10,15,17,20H,8-9,11H2,1H3. The number of aryl methyl sites for hydroxylation is 1. The fourth-order valence-electron chi connectivity index (χ4n) is 2.75. The van der Waals surface area contributed by atoms with Gasteiger partial charge in [0.25, 0.3) is 0 Å². The Morgan fingerprint density at radius 2 is 1.95 bits per heavy atom. The van der Waals surface area contributed by atoms with Crippen molar-refractivity contribution < 1.29 is 0 Å². The second-order valence-corrected chi connectivity index (χ2v) is 6.52. The first-order valence-electron chi connectivity index (χ1n) is 7.10. The summed E-state index contributed by atoms with van der Waals surface area (Å²) in [4.78, 5) is 4.13. The molecule has 0 atom stereocenters. The predicted molar refractivity (Wildman–Crippen MR) is 85.7 cm³/mol. The minimum Gasteiger partial charge on any atom is -0.310 e. The van der Waals surface area contributed by atoms with Gasteiger partial charge in [0.1, 0.15) is 0 Å². The molecular formula is C17H19BrN2. The normalized spacial score (nSPS) is 21.5. The molecule has 104 valence electrons. The van der Waals surface area contributed by atoms with E-state index in [2.05, 4.69) is 63.5 Å². The van der Waals surface area contributed by atoms with Gasteiger partial charge in [0.05, 0.1) is 0 Å². The van der Waals surface area contributed by atoms with Gasteiger partial charge >= 0.3 is 0 Å². The molecule has 0 bridgehead atoms. The van der Waals surface area contributed by atoms with Crippen LogP contribution in [0.2, 0.25) is 0 Å². The minimum atomic E-state index is 0.649. The highest BCUT2D eigenvalue weighted by Crippen LogP contribution is 2.37. The maximum atomic E-state index is 4.13. The Balaban J connectivity index is 1.49. The van der Waals surface area contributed by atoms with Crippen LogP contribution in [0.25, 0.3) is 0 Å². The first-order valence-corrected chi connectivity index (χ1v) is 7.90. The van der Waals surface area contributed by atoms with E-state index in [0.29, 0.717) is 6.04 Å². The Morgan fingerprint density at radius 1 is 1.20 bits per heavy atom. The molecule has 0 amide bonds. The molecule has 1 saturated carbocycles. The van der Waals surface area contributed by atoms with Crippen molar-refractivity contribution in [3.8, 4) is 0 Å². The lowest BCUT2D eigenvalue weighted by molar-refractivity contribution is 0.289. The topological polar surface area (TPSA) is 24.9 Å². The van der Waals surface area contributed by atoms with Crippen LogP contribution in [0.1, 0.15) is 35.4 Å². The summed E-state index contributed by atoms with van der Waals surface area (Å²) in [6, 6.07) is 11.5. The number of aromatic nitrogens is 1. The zero-order valence-corrected chi connectivity index (χ0v) is 13.2. The van der Waals surface area contributed by atoms with Crippen molar-refractivity contribution in [1.29, 1.82) is 0 Å². The second kappa shape index (κ2) is 6.06. The molecule has 0 saturated heterocycles. The number of hydrogen-bond donors (Lipinski definition) is 1. The van der Waals surface area contributed by atoms with E-state index in [0.717, 1.165) is 16.9 Å². The van der Waals surface area contributed by atoms with Crippen molar-refractivity contribution in [3.63, 3.8) is 0 Å². The lowest BCUT2D eigenvalue weighted by atomic mass is 9.76. The van der Waals surface area contributed by atoms with Crippen LogP contribution in [0, 0.1) is 6.92 Å². The van der Waals surface area contributed by atoms with Crippen LogP contribution in [0.4, 0.5) is 0 Å². The number of pyridine rings is 1. The van der Waals surface area contributed by atoms with Gasteiger partial charge in [-0.25, -0.2) is 0 Å². The average Bonchev–Trinajstić information content (AvgIpc) is 2.41. The highest BCUT2D eigenvalue weighted by atomic mass is 79.9. The molecule has 1 aliphatic carbocycles. The van der Waals surface area contributed by atoms with Crippen molar-refractivity contribution in [3.05, 3.63) is 63.9 Å². The summed E-state index contributed by atoms with van der Waals surface area (Å²) in [6.07, 6.45) is 6.29. The Hall–Kier alpha value is -1.19. The van der Waals surface area contributed by atoms with Crippen molar-refractivity contribution in [2.24, 2.45) is 0 Å². The fourth-order valence-corrected chi connectivity index (χ4v) is 3.01. The van der Waals surface area contributed by atoms with Gasteiger partial charge in [0.15, 0.2) is 0 Å². The number of hydrogen-bond acceptors (Lipinski definition) is 2. The molecule has 1 aromatic carbocycles. The van der Waals surface area contributed by atoms with E-state index in [4.69, 9.17) is 0 Å². The number of halogens is 1. The smallest absolute Gasteiger partial charge is 0.0300 e. The Morgan fingerprint density at radius 3 is 2.65 bits per heavy atom. The van der Waals surface area contributed by atoms with Crippen molar-refractivity contribution in [2.75, 3.05) is 0 Å². The molecule has 1 N–H and O–H groups in total. The van der Waals surface area contributed by atoms with Gasteiger partial charge < -0.3 is 5.32 Å². The summed E-state index contributed by atoms with van der Waals surface area (Å²) < 4.78 is 1.16. The minimum absolute atomic E-state index is 0.649. The molecule has 0 spiro atoms. The predicted octanol–water partition coefficient (Wildman–Crippen LogP) is 4.19. The van der Waals surface area contributed by atoms with Crippen LogP contribution in [0.15, 0.2) is 47.2 Å². The fraction of sp³-hybridized carbons (Fsp3) is 0.353. The Kier molecular flexibility index (Phi) is 4.18. The van der Waals surface area contributed by atoms with Gasteiger partial charge in [-0.1, -0.05) is 28.1 Å². The molecule has 1 heterocycles. The van der Waals surface area contributed by atoms with E-state index in [9.17, 15) is 0 Å². The first kappa shape index (κ1) is 13.8. The molecular weight excluding hydrogens is 312 g/mol. The second-order valence-electron chi connectivity index (χ2n) is 5.60. The zero-order chi connectivity index (χ0) is 13.9. The van der Waals surface area contributed by atoms with Crippen molar-refractivity contribution in [2.45, 2.75) is 38.3 Å². The lowest BCUT2D eigenvalue weighted by Gasteiger charge is -2.36. The highest BCUT2D eigenvalue weighted by Gasteiger charge is 2.29. The van der Waals surface area contributed by atoms with Gasteiger partial charge in [-0.3, -0.25) is 4.98 Å². The van der Waals surface area contributed by atoms with Gasteiger partial charge in [0.2, 0.25) is 0 Å². The van der Waals surface area contributed by atoms with Gasteiger partial charge in [0, 0.05) is 29.5 Å². The highest BCUT2D eigenvalue weighted by molar-refractivity contribution is 9.10. The third-order valence-corrected chi connectivity index (χ3v) is 4.73. The van der Waals surface area contributed by atoms with Crippen LogP contribution in [-0.4, -0.2) is 11.0 Å². The summed E-state index contributed by atoms with van der Waals surface area (Å²) in [5.74, 6) is 0.721. The largest absolute Gasteiger partial charge is 0.310 e. The number of nitrogens with one attached hydrogen (secondary N) is 1. The third-order valence-electron chi connectivity index (χ3n) is 4.20. The van der Waals surface area contributed by atoms with Crippen LogP contribution < -0.4 is 5.32 Å². The SMILES string of the molecule is Cc1cnccc1CNC1CC(c2ccc(Br)cc2)C1. The van der Waals surface area contributed by atoms with Crippen molar-refractivity contribution in [1.82, 2.24) is 10.3 Å².